The van der Waals surface area contributed by atoms with Gasteiger partial charge in [0, 0.05) is 35.3 Å². The van der Waals surface area contributed by atoms with E-state index in [0.29, 0.717) is 42.8 Å². The highest BCUT2D eigenvalue weighted by atomic mass is 19.4. The zero-order valence-electron chi connectivity index (χ0n) is 19.2. The first kappa shape index (κ1) is 23.5. The summed E-state index contributed by atoms with van der Waals surface area (Å²) in [6.07, 6.45) is -3.05. The van der Waals surface area contributed by atoms with Gasteiger partial charge in [0.25, 0.3) is 5.91 Å². The van der Waals surface area contributed by atoms with Crippen LogP contribution < -0.4 is 16.4 Å². The number of morpholine rings is 1. The molecule has 0 saturated carbocycles. The third kappa shape index (κ3) is 4.09. The van der Waals surface area contributed by atoms with Gasteiger partial charge in [0.1, 0.15) is 0 Å². The number of halogens is 3. The predicted molar refractivity (Wildman–Crippen MR) is 128 cm³/mol. The quantitative estimate of drug-likeness (QED) is 0.392. The second kappa shape index (κ2) is 8.79. The number of anilines is 2. The van der Waals surface area contributed by atoms with Crippen LogP contribution in [0.5, 0.6) is 0 Å². The molecule has 5 N–H and O–H groups in total. The Morgan fingerprint density at radius 1 is 1.14 bits per heavy atom. The highest BCUT2D eigenvalue weighted by Crippen LogP contribution is 2.40. The molecule has 0 atom stereocenters. The van der Waals surface area contributed by atoms with Crippen molar-refractivity contribution in [3.63, 3.8) is 0 Å². The molecule has 9 nitrogen and oxygen atoms in total. The number of primary amides is 1. The fourth-order valence-electron chi connectivity index (χ4n) is 4.40. The molecule has 0 bridgehead atoms. The number of carbonyl (C=O) groups excluding carboxylic acids is 1. The van der Waals surface area contributed by atoms with E-state index in [2.05, 4.69) is 20.2 Å². The number of ether oxygens (including phenoxy) is 1. The molecule has 0 aliphatic carbocycles. The zero-order valence-corrected chi connectivity index (χ0v) is 19.2. The van der Waals surface area contributed by atoms with Gasteiger partial charge in [-0.25, -0.2) is 9.97 Å². The maximum Gasteiger partial charge on any atom is 0.418 e. The first-order valence-electron chi connectivity index (χ1n) is 11.1. The van der Waals surface area contributed by atoms with Gasteiger partial charge in [-0.1, -0.05) is 6.07 Å². The Kier molecular flexibility index (Phi) is 5.75. The lowest BCUT2D eigenvalue weighted by Gasteiger charge is -2.31. The van der Waals surface area contributed by atoms with Gasteiger partial charge in [-0.15, -0.1) is 0 Å². The summed E-state index contributed by atoms with van der Waals surface area (Å²) in [6, 6.07) is 7.50. The molecule has 186 valence electrons. The molecule has 1 aliphatic rings. The molecule has 1 fully saturated rings. The van der Waals surface area contributed by atoms with Gasteiger partial charge in [0.15, 0.2) is 11.5 Å². The van der Waals surface area contributed by atoms with Crippen LogP contribution in [0.1, 0.15) is 21.6 Å². The summed E-state index contributed by atoms with van der Waals surface area (Å²) < 4.78 is 47.6. The van der Waals surface area contributed by atoms with Crippen LogP contribution >= 0.6 is 0 Å². The summed E-state index contributed by atoms with van der Waals surface area (Å²) in [5.74, 6) is -1.03. The van der Waals surface area contributed by atoms with Crippen LogP contribution in [0.25, 0.3) is 33.5 Å². The maximum atomic E-state index is 14.1. The second-order valence-electron chi connectivity index (χ2n) is 8.44. The van der Waals surface area contributed by atoms with E-state index in [1.165, 1.54) is 12.1 Å². The van der Waals surface area contributed by atoms with Crippen LogP contribution in [0, 0.1) is 6.92 Å². The first-order valence-corrected chi connectivity index (χ1v) is 11.1. The minimum atomic E-state index is -4.63. The maximum absolute atomic E-state index is 14.1. The average Bonchev–Trinajstić information content (AvgIpc) is 3.33. The lowest BCUT2D eigenvalue weighted by atomic mass is 9.98. The monoisotopic (exact) mass is 497 g/mol. The van der Waals surface area contributed by atoms with E-state index in [0.717, 1.165) is 11.6 Å². The molecule has 0 unspecified atom stereocenters. The molecule has 5 rings (SSSR count). The topological polar surface area (TPSA) is 136 Å². The third-order valence-electron chi connectivity index (χ3n) is 6.16. The molecule has 2 aromatic carbocycles. The molecule has 12 heteroatoms. The Morgan fingerprint density at radius 3 is 2.58 bits per heavy atom. The van der Waals surface area contributed by atoms with Gasteiger partial charge in [-0.3, -0.25) is 9.89 Å². The Labute approximate surface area is 203 Å². The number of nitrogens with one attached hydrogen (secondary N) is 1. The molecular formula is C24H22F3N7O2. The number of nitrogens with zero attached hydrogens (tertiary/aromatic N) is 4. The molecule has 2 aromatic heterocycles. The van der Waals surface area contributed by atoms with Crippen molar-refractivity contribution in [1.82, 2.24) is 20.2 Å². The molecule has 0 radical (unpaired) electrons. The van der Waals surface area contributed by atoms with E-state index in [1.807, 2.05) is 19.1 Å². The van der Waals surface area contributed by atoms with Gasteiger partial charge in [-0.05, 0) is 36.8 Å². The Bertz CT molecular complexity index is 1480. The van der Waals surface area contributed by atoms with Crippen molar-refractivity contribution in [2.24, 2.45) is 5.73 Å². The van der Waals surface area contributed by atoms with Crippen LogP contribution in [0.4, 0.5) is 24.5 Å². The van der Waals surface area contributed by atoms with Crippen LogP contribution in [-0.4, -0.2) is 52.4 Å². The van der Waals surface area contributed by atoms with Crippen LogP contribution in [0.3, 0.4) is 0 Å². The first-order chi connectivity index (χ1) is 17.1. The molecule has 1 aliphatic heterocycles. The van der Waals surface area contributed by atoms with Crippen molar-refractivity contribution in [2.75, 3.05) is 36.9 Å². The Morgan fingerprint density at radius 2 is 1.89 bits per heavy atom. The van der Waals surface area contributed by atoms with Gasteiger partial charge in [0.2, 0.25) is 0 Å². The van der Waals surface area contributed by atoms with E-state index >= 15 is 0 Å². The molecule has 36 heavy (non-hydrogen) atoms. The van der Waals surface area contributed by atoms with Gasteiger partial charge < -0.3 is 21.1 Å². The third-order valence-corrected chi connectivity index (χ3v) is 6.16. The normalized spacial score (nSPS) is 14.4. The standard InChI is InChI=1S/C24H22F3N7O2/c1-12-2-4-16-14(11-30-33-16)18(12)20-19(28)21(22(29)35)32-23(31-20)13-3-5-17(15(10-13)24(25,26)27)34-6-8-36-9-7-34/h2-5,10-11H,6-9,28H2,1H3,(H2,29,35)(H,30,33). The summed E-state index contributed by atoms with van der Waals surface area (Å²) in [6.45, 7) is 3.18. The number of benzene rings is 2. The molecule has 1 amide bonds. The van der Waals surface area contributed by atoms with Crippen molar-refractivity contribution < 1.29 is 22.7 Å². The van der Waals surface area contributed by atoms with Crippen molar-refractivity contribution in [1.29, 1.82) is 0 Å². The lowest BCUT2D eigenvalue weighted by molar-refractivity contribution is -0.137. The van der Waals surface area contributed by atoms with E-state index in [-0.39, 0.29) is 34.2 Å². The summed E-state index contributed by atoms with van der Waals surface area (Å²) >= 11 is 0. The predicted octanol–water partition coefficient (Wildman–Crippen LogP) is 3.53. The fraction of sp³-hybridized carbons (Fsp3) is 0.250. The smallest absolute Gasteiger partial charge is 0.395 e. The fourth-order valence-corrected chi connectivity index (χ4v) is 4.40. The number of nitrogens with two attached hydrogens (primary N) is 2. The number of amides is 1. The molecule has 4 aromatic rings. The average molecular weight is 497 g/mol. The molecule has 0 spiro atoms. The van der Waals surface area contributed by atoms with Gasteiger partial charge in [0.05, 0.1) is 41.9 Å². The van der Waals surface area contributed by atoms with Crippen molar-refractivity contribution >= 4 is 28.2 Å². The zero-order chi connectivity index (χ0) is 25.6. The number of nitrogen functional groups attached to an aromatic ring is 1. The number of aromatic nitrogens is 4. The van der Waals surface area contributed by atoms with Crippen LogP contribution in [0.2, 0.25) is 0 Å². The number of hydrogen-bond acceptors (Lipinski definition) is 7. The van der Waals surface area contributed by atoms with E-state index in [4.69, 9.17) is 16.2 Å². The molecular weight excluding hydrogens is 475 g/mol. The summed E-state index contributed by atoms with van der Waals surface area (Å²) in [7, 11) is 0. The number of alkyl halides is 3. The van der Waals surface area contributed by atoms with Crippen molar-refractivity contribution in [3.05, 3.63) is 53.3 Å². The SMILES string of the molecule is Cc1ccc2[nH]ncc2c1-c1nc(-c2ccc(N3CCOCC3)c(C(F)(F)F)c2)nc(C(N)=O)c1N. The number of rotatable bonds is 4. The summed E-state index contributed by atoms with van der Waals surface area (Å²) in [4.78, 5) is 22.5. The number of H-pyrrole nitrogens is 1. The highest BCUT2D eigenvalue weighted by molar-refractivity contribution is 6.04. The Hall–Kier alpha value is -4.19. The summed E-state index contributed by atoms with van der Waals surface area (Å²) in [5, 5.41) is 7.59. The minimum absolute atomic E-state index is 0.0411. The molecule has 1 saturated heterocycles. The number of fused-ring (bicyclic) bond motifs is 1. The number of aromatic amines is 1. The van der Waals surface area contributed by atoms with Crippen LogP contribution in [-0.2, 0) is 10.9 Å². The van der Waals surface area contributed by atoms with Crippen LogP contribution in [0.15, 0.2) is 36.5 Å². The molecule has 3 heterocycles. The van der Waals surface area contributed by atoms with Gasteiger partial charge >= 0.3 is 6.18 Å². The number of carbonyl (C=O) groups is 1. The highest BCUT2D eigenvalue weighted by Gasteiger charge is 2.36. The second-order valence-corrected chi connectivity index (χ2v) is 8.44. The minimum Gasteiger partial charge on any atom is -0.395 e. The van der Waals surface area contributed by atoms with E-state index < -0.39 is 17.6 Å². The number of hydrogen-bond donors (Lipinski definition) is 3. The van der Waals surface area contributed by atoms with Gasteiger partial charge in [-0.2, -0.15) is 18.3 Å². The Balaban J connectivity index is 1.72. The number of aryl methyl sites for hydroxylation is 1. The van der Waals surface area contributed by atoms with Crippen molar-refractivity contribution in [2.45, 2.75) is 13.1 Å². The largest absolute Gasteiger partial charge is 0.418 e. The van der Waals surface area contributed by atoms with E-state index in [1.54, 1.807) is 11.1 Å². The summed E-state index contributed by atoms with van der Waals surface area (Å²) in [5.41, 5.74) is 13.0. The van der Waals surface area contributed by atoms with Crippen molar-refractivity contribution in [3.8, 4) is 22.6 Å². The lowest BCUT2D eigenvalue weighted by Crippen LogP contribution is -2.37. The van der Waals surface area contributed by atoms with E-state index in [9.17, 15) is 18.0 Å².